The third-order valence-electron chi connectivity index (χ3n) is 1.83. The predicted octanol–water partition coefficient (Wildman–Crippen LogP) is 3.13. The van der Waals surface area contributed by atoms with Crippen LogP contribution < -0.4 is 0 Å². The van der Waals surface area contributed by atoms with Crippen LogP contribution in [0.2, 0.25) is 0 Å². The van der Waals surface area contributed by atoms with Gasteiger partial charge in [-0.15, -0.1) is 0 Å². The summed E-state index contributed by atoms with van der Waals surface area (Å²) >= 11 is 0. The van der Waals surface area contributed by atoms with Crippen molar-refractivity contribution >= 4 is 9.05 Å². The molecular weight excluding hydrogens is 236 g/mol. The van der Waals surface area contributed by atoms with Crippen LogP contribution in [0, 0.1) is 0 Å². The minimum atomic E-state index is -2.92. The normalized spacial score (nSPS) is 12.4. The fourth-order valence-electron chi connectivity index (χ4n) is 1.20. The molecule has 0 aliphatic carbocycles. The largest absolute Gasteiger partial charge is 0.679 e. The molecule has 5 heteroatoms. The Kier molecular flexibility index (Phi) is 10.1. The summed E-state index contributed by atoms with van der Waals surface area (Å²) in [7, 11) is -2.92. The summed E-state index contributed by atoms with van der Waals surface area (Å²) < 4.78 is 23.1. The molecule has 4 nitrogen and oxygen atoms in total. The second-order valence-corrected chi connectivity index (χ2v) is 6.31. The van der Waals surface area contributed by atoms with E-state index in [1.165, 1.54) is 0 Å². The van der Waals surface area contributed by atoms with E-state index in [1.807, 2.05) is 13.8 Å². The molecule has 0 aliphatic rings. The van der Waals surface area contributed by atoms with E-state index in [-0.39, 0.29) is 6.10 Å². The first-order valence-corrected chi connectivity index (χ1v) is 8.33. The van der Waals surface area contributed by atoms with E-state index in [4.69, 9.17) is 17.7 Å². The Labute approximate surface area is 107 Å². The van der Waals surface area contributed by atoms with Crippen molar-refractivity contribution in [1.82, 2.24) is 0 Å². The number of rotatable bonds is 11. The average molecular weight is 264 g/mol. The van der Waals surface area contributed by atoms with Crippen molar-refractivity contribution in [2.75, 3.05) is 19.8 Å². The molecule has 0 aromatic heterocycles. The summed E-state index contributed by atoms with van der Waals surface area (Å²) in [6, 6.07) is 0. The van der Waals surface area contributed by atoms with Gasteiger partial charge in [-0.1, -0.05) is 20.8 Å². The Morgan fingerprint density at radius 1 is 0.765 bits per heavy atom. The molecule has 0 unspecified atom stereocenters. The van der Waals surface area contributed by atoms with E-state index in [0.29, 0.717) is 19.8 Å². The van der Waals surface area contributed by atoms with Gasteiger partial charge in [0.1, 0.15) is 0 Å². The zero-order valence-electron chi connectivity index (χ0n) is 12.0. The van der Waals surface area contributed by atoms with Crippen molar-refractivity contribution in [3.8, 4) is 0 Å². The van der Waals surface area contributed by atoms with Gasteiger partial charge in [0.2, 0.25) is 0 Å². The van der Waals surface area contributed by atoms with Crippen LogP contribution in [0.3, 0.4) is 0 Å². The first kappa shape index (κ1) is 17.1. The highest BCUT2D eigenvalue weighted by Crippen LogP contribution is 2.16. The fourth-order valence-corrected chi connectivity index (χ4v) is 3.59. The molecule has 17 heavy (non-hydrogen) atoms. The highest BCUT2D eigenvalue weighted by atomic mass is 28.4. The van der Waals surface area contributed by atoms with Gasteiger partial charge in [-0.25, -0.2) is 0 Å². The average Bonchev–Trinajstić information content (AvgIpc) is 2.30. The monoisotopic (exact) mass is 264 g/mol. The smallest absolute Gasteiger partial charge is 0.351 e. The maximum Gasteiger partial charge on any atom is 0.679 e. The van der Waals surface area contributed by atoms with Crippen LogP contribution in [0.4, 0.5) is 0 Å². The zero-order chi connectivity index (χ0) is 13.1. The van der Waals surface area contributed by atoms with Gasteiger partial charge < -0.3 is 17.7 Å². The van der Waals surface area contributed by atoms with Crippen molar-refractivity contribution in [2.24, 2.45) is 0 Å². The van der Waals surface area contributed by atoms with E-state index < -0.39 is 9.05 Å². The van der Waals surface area contributed by atoms with Gasteiger partial charge in [-0.05, 0) is 33.1 Å². The van der Waals surface area contributed by atoms with Gasteiger partial charge in [-0.3, -0.25) is 0 Å². The Balaban J connectivity index is 4.51. The summed E-state index contributed by atoms with van der Waals surface area (Å²) in [5, 5.41) is 0. The molecule has 0 aromatic rings. The lowest BCUT2D eigenvalue weighted by Crippen LogP contribution is -2.51. The summed E-state index contributed by atoms with van der Waals surface area (Å²) in [5.41, 5.74) is 0. The molecule has 0 saturated heterocycles. The molecule has 0 spiro atoms. The van der Waals surface area contributed by atoms with E-state index in [9.17, 15) is 0 Å². The van der Waals surface area contributed by atoms with Crippen LogP contribution in [0.25, 0.3) is 0 Å². The van der Waals surface area contributed by atoms with Crippen molar-refractivity contribution < 1.29 is 17.7 Å². The minimum Gasteiger partial charge on any atom is -0.351 e. The maximum absolute atomic E-state index is 5.82. The van der Waals surface area contributed by atoms with Crippen molar-refractivity contribution in [1.29, 1.82) is 0 Å². The van der Waals surface area contributed by atoms with Gasteiger partial charge in [0.05, 0.1) is 0 Å². The van der Waals surface area contributed by atoms with Gasteiger partial charge in [0.25, 0.3) is 0 Å². The summed E-state index contributed by atoms with van der Waals surface area (Å²) in [6.07, 6.45) is 2.84. The molecule has 0 radical (unpaired) electrons. The zero-order valence-corrected chi connectivity index (χ0v) is 13.0. The Bertz CT molecular complexity index is 154. The second-order valence-electron chi connectivity index (χ2n) is 4.21. The van der Waals surface area contributed by atoms with E-state index >= 15 is 0 Å². The lowest BCUT2D eigenvalue weighted by Gasteiger charge is -2.29. The molecule has 0 heterocycles. The highest BCUT2D eigenvalue weighted by Gasteiger charge is 2.46. The highest BCUT2D eigenvalue weighted by molar-refractivity contribution is 6.53. The van der Waals surface area contributed by atoms with Crippen LogP contribution in [-0.2, 0) is 17.7 Å². The topological polar surface area (TPSA) is 36.9 Å². The quantitative estimate of drug-likeness (QED) is 0.537. The van der Waals surface area contributed by atoms with Crippen LogP contribution >= 0.6 is 0 Å². The Hall–Kier alpha value is 0.0569. The van der Waals surface area contributed by atoms with Gasteiger partial charge >= 0.3 is 9.05 Å². The van der Waals surface area contributed by atoms with Gasteiger partial charge in [0.15, 0.2) is 0 Å². The molecule has 0 rings (SSSR count). The lowest BCUT2D eigenvalue weighted by atomic mass is 10.5. The molecule has 0 amide bonds. The minimum absolute atomic E-state index is 0.0484. The third-order valence-corrected chi connectivity index (χ3v) is 4.26. The molecule has 0 aliphatic heterocycles. The Morgan fingerprint density at radius 2 is 1.12 bits per heavy atom. The lowest BCUT2D eigenvalue weighted by molar-refractivity contribution is -0.0492. The number of hydrogen-bond donors (Lipinski definition) is 0. The Morgan fingerprint density at radius 3 is 1.35 bits per heavy atom. The van der Waals surface area contributed by atoms with Crippen molar-refractivity contribution in [3.05, 3.63) is 0 Å². The summed E-state index contributed by atoms with van der Waals surface area (Å²) in [5.74, 6) is 0. The van der Waals surface area contributed by atoms with E-state index in [0.717, 1.165) is 19.3 Å². The van der Waals surface area contributed by atoms with Crippen molar-refractivity contribution in [3.63, 3.8) is 0 Å². The molecule has 0 fully saturated rings. The molecule has 0 N–H and O–H groups in total. The molecule has 0 atom stereocenters. The van der Waals surface area contributed by atoms with E-state index in [1.54, 1.807) is 0 Å². The first-order chi connectivity index (χ1) is 8.10. The second kappa shape index (κ2) is 10.0. The van der Waals surface area contributed by atoms with E-state index in [2.05, 4.69) is 20.8 Å². The summed E-state index contributed by atoms with van der Waals surface area (Å²) in [4.78, 5) is 0. The third kappa shape index (κ3) is 7.89. The fraction of sp³-hybridized carbons (Fsp3) is 1.00. The molecule has 0 saturated carbocycles. The summed E-state index contributed by atoms with van der Waals surface area (Å²) in [6.45, 7) is 12.0. The van der Waals surface area contributed by atoms with Crippen LogP contribution in [0.15, 0.2) is 0 Å². The first-order valence-electron chi connectivity index (χ1n) is 6.69. The molecular formula is C12H28O4Si. The van der Waals surface area contributed by atoms with Crippen LogP contribution in [0.5, 0.6) is 0 Å². The number of hydrogen-bond acceptors (Lipinski definition) is 4. The van der Waals surface area contributed by atoms with Crippen LogP contribution in [-0.4, -0.2) is 35.0 Å². The van der Waals surface area contributed by atoms with Gasteiger partial charge in [-0.2, -0.15) is 0 Å². The molecule has 0 aromatic carbocycles. The maximum atomic E-state index is 5.82. The molecule has 104 valence electrons. The standard InChI is InChI=1S/C12H28O4Si/c1-6-9-13-17(14-10-7-2,15-11-8-3)16-12(4)5/h12H,6-11H2,1-5H3. The van der Waals surface area contributed by atoms with Gasteiger partial charge in [0, 0.05) is 25.9 Å². The SMILES string of the molecule is CCCO[Si](OCCC)(OCCC)OC(C)C. The van der Waals surface area contributed by atoms with Crippen LogP contribution in [0.1, 0.15) is 53.9 Å². The predicted molar refractivity (Wildman–Crippen MR) is 70.7 cm³/mol. The van der Waals surface area contributed by atoms with Crippen molar-refractivity contribution in [2.45, 2.75) is 60.0 Å². The molecule has 0 bridgehead atoms.